The summed E-state index contributed by atoms with van der Waals surface area (Å²) in [6.07, 6.45) is 0.724. The van der Waals surface area contributed by atoms with Crippen LogP contribution in [-0.4, -0.2) is 45.6 Å². The molecule has 1 aliphatic rings. The van der Waals surface area contributed by atoms with Crippen molar-refractivity contribution < 1.29 is 13.2 Å². The van der Waals surface area contributed by atoms with Crippen LogP contribution in [0.15, 0.2) is 29.3 Å². The summed E-state index contributed by atoms with van der Waals surface area (Å²) in [7, 11) is -2.84. The number of halogens is 1. The normalized spacial score (nSPS) is 19.1. The van der Waals surface area contributed by atoms with Crippen LogP contribution in [0.25, 0.3) is 0 Å². The Morgan fingerprint density at radius 1 is 1.28 bits per heavy atom. The highest BCUT2D eigenvalue weighted by Crippen LogP contribution is 2.19. The van der Waals surface area contributed by atoms with Crippen LogP contribution in [0.2, 0.25) is 0 Å². The summed E-state index contributed by atoms with van der Waals surface area (Å²) in [4.78, 5) is 4.59. The molecule has 8 heteroatoms. The van der Waals surface area contributed by atoms with Crippen LogP contribution in [-0.2, 0) is 16.4 Å². The molecule has 0 radical (unpaired) electrons. The van der Waals surface area contributed by atoms with Gasteiger partial charge in [-0.05, 0) is 32.3 Å². The van der Waals surface area contributed by atoms with E-state index in [0.717, 1.165) is 24.3 Å². The number of sulfone groups is 1. The van der Waals surface area contributed by atoms with Gasteiger partial charge in [0.15, 0.2) is 15.8 Å². The van der Waals surface area contributed by atoms with Crippen LogP contribution >= 0.6 is 24.0 Å². The number of nitrogens with one attached hydrogen (secondary N) is 2. The SMILES string of the molecule is CCNC(=NCc1ccccc1OCC)NCC1CCS(=O)(=O)C1.I. The molecule has 2 rings (SSSR count). The molecule has 1 heterocycles. The van der Waals surface area contributed by atoms with Gasteiger partial charge in [0.05, 0.1) is 24.7 Å². The summed E-state index contributed by atoms with van der Waals surface area (Å²) >= 11 is 0. The van der Waals surface area contributed by atoms with E-state index in [0.29, 0.717) is 31.4 Å². The Balaban J connectivity index is 0.00000312. The number of hydrogen-bond donors (Lipinski definition) is 2. The van der Waals surface area contributed by atoms with Crippen LogP contribution in [0.4, 0.5) is 0 Å². The van der Waals surface area contributed by atoms with E-state index in [4.69, 9.17) is 4.74 Å². The number of ether oxygens (including phenoxy) is 1. The van der Waals surface area contributed by atoms with Crippen molar-refractivity contribution in [3.05, 3.63) is 29.8 Å². The van der Waals surface area contributed by atoms with Gasteiger partial charge >= 0.3 is 0 Å². The van der Waals surface area contributed by atoms with Crippen LogP contribution in [0.3, 0.4) is 0 Å². The van der Waals surface area contributed by atoms with E-state index in [9.17, 15) is 8.42 Å². The summed E-state index contributed by atoms with van der Waals surface area (Å²) in [5.74, 6) is 2.28. The highest BCUT2D eigenvalue weighted by molar-refractivity contribution is 14.0. The van der Waals surface area contributed by atoms with Gasteiger partial charge in [0, 0.05) is 18.7 Å². The number of benzene rings is 1. The molecule has 142 valence electrons. The highest BCUT2D eigenvalue weighted by atomic mass is 127. The predicted molar refractivity (Wildman–Crippen MR) is 113 cm³/mol. The van der Waals surface area contributed by atoms with Gasteiger partial charge in [-0.25, -0.2) is 13.4 Å². The summed E-state index contributed by atoms with van der Waals surface area (Å²) in [6, 6.07) is 7.86. The van der Waals surface area contributed by atoms with Crippen LogP contribution in [0, 0.1) is 5.92 Å². The van der Waals surface area contributed by atoms with Gasteiger partial charge in [-0.1, -0.05) is 18.2 Å². The van der Waals surface area contributed by atoms with Crippen molar-refractivity contribution in [3.8, 4) is 5.75 Å². The molecule has 1 aromatic carbocycles. The summed E-state index contributed by atoms with van der Waals surface area (Å²) < 4.78 is 28.7. The maximum atomic E-state index is 11.5. The Labute approximate surface area is 167 Å². The molecule has 0 saturated carbocycles. The molecule has 6 nitrogen and oxygen atoms in total. The van der Waals surface area contributed by atoms with E-state index in [2.05, 4.69) is 15.6 Å². The Morgan fingerprint density at radius 2 is 2.04 bits per heavy atom. The highest BCUT2D eigenvalue weighted by Gasteiger charge is 2.27. The zero-order valence-electron chi connectivity index (χ0n) is 14.8. The quantitative estimate of drug-likeness (QED) is 0.355. The molecule has 1 unspecified atom stereocenters. The second-order valence-electron chi connectivity index (χ2n) is 5.89. The van der Waals surface area contributed by atoms with E-state index < -0.39 is 9.84 Å². The fraction of sp³-hybridized carbons (Fsp3) is 0.588. The molecule has 1 atom stereocenters. The first-order valence-corrected chi connectivity index (χ1v) is 10.3. The molecular formula is C17H28IN3O3S. The first-order valence-electron chi connectivity index (χ1n) is 8.47. The molecule has 1 aliphatic heterocycles. The van der Waals surface area contributed by atoms with Crippen molar-refractivity contribution in [3.63, 3.8) is 0 Å². The van der Waals surface area contributed by atoms with E-state index in [1.807, 2.05) is 38.1 Å². The number of nitrogens with zero attached hydrogens (tertiary/aromatic N) is 1. The predicted octanol–water partition coefficient (Wildman–Crippen LogP) is 2.19. The zero-order valence-corrected chi connectivity index (χ0v) is 18.0. The van der Waals surface area contributed by atoms with Crippen molar-refractivity contribution in [1.29, 1.82) is 0 Å². The van der Waals surface area contributed by atoms with Gasteiger partial charge in [-0.3, -0.25) is 0 Å². The lowest BCUT2D eigenvalue weighted by atomic mass is 10.1. The maximum Gasteiger partial charge on any atom is 0.191 e. The fourth-order valence-electron chi connectivity index (χ4n) is 2.71. The van der Waals surface area contributed by atoms with Crippen LogP contribution in [0.1, 0.15) is 25.8 Å². The summed E-state index contributed by atoms with van der Waals surface area (Å²) in [6.45, 7) is 6.47. The molecular weight excluding hydrogens is 453 g/mol. The summed E-state index contributed by atoms with van der Waals surface area (Å²) in [5.41, 5.74) is 1.03. The van der Waals surface area contributed by atoms with Crippen molar-refractivity contribution in [1.82, 2.24) is 10.6 Å². The first kappa shape index (κ1) is 22.0. The third-order valence-corrected chi connectivity index (χ3v) is 5.75. The average molecular weight is 481 g/mol. The molecule has 1 fully saturated rings. The Kier molecular flexibility index (Phi) is 9.55. The minimum atomic E-state index is -2.84. The van der Waals surface area contributed by atoms with Crippen LogP contribution in [0.5, 0.6) is 5.75 Å². The molecule has 2 N–H and O–H groups in total. The lowest BCUT2D eigenvalue weighted by Gasteiger charge is -2.15. The Hall–Kier alpha value is -1.03. The maximum absolute atomic E-state index is 11.5. The lowest BCUT2D eigenvalue weighted by Crippen LogP contribution is -2.40. The minimum absolute atomic E-state index is 0. The second-order valence-corrected chi connectivity index (χ2v) is 8.11. The number of rotatable bonds is 7. The molecule has 0 aliphatic carbocycles. The average Bonchev–Trinajstić information content (AvgIpc) is 2.91. The van der Waals surface area contributed by atoms with Gasteiger partial charge in [0.2, 0.25) is 0 Å². The molecule has 0 amide bonds. The molecule has 0 bridgehead atoms. The zero-order chi connectivity index (χ0) is 17.4. The number of aliphatic imine (C=N–C) groups is 1. The fourth-order valence-corrected chi connectivity index (χ4v) is 4.57. The smallest absolute Gasteiger partial charge is 0.191 e. The minimum Gasteiger partial charge on any atom is -0.494 e. The van der Waals surface area contributed by atoms with E-state index in [-0.39, 0.29) is 35.6 Å². The van der Waals surface area contributed by atoms with Gasteiger partial charge in [-0.15, -0.1) is 24.0 Å². The monoisotopic (exact) mass is 481 g/mol. The number of para-hydroxylation sites is 1. The largest absolute Gasteiger partial charge is 0.494 e. The first-order chi connectivity index (χ1) is 11.5. The van der Waals surface area contributed by atoms with Gasteiger partial charge in [0.25, 0.3) is 0 Å². The lowest BCUT2D eigenvalue weighted by molar-refractivity contribution is 0.336. The second kappa shape index (κ2) is 10.8. The molecule has 0 spiro atoms. The van der Waals surface area contributed by atoms with Crippen molar-refractivity contribution in [2.24, 2.45) is 10.9 Å². The molecule has 1 saturated heterocycles. The Morgan fingerprint density at radius 3 is 2.68 bits per heavy atom. The molecule has 25 heavy (non-hydrogen) atoms. The van der Waals surface area contributed by atoms with E-state index in [1.54, 1.807) is 0 Å². The standard InChI is InChI=1S/C17H27N3O3S.HI/c1-3-18-17(19-11-14-9-10-24(21,22)13-14)20-12-15-7-5-6-8-16(15)23-4-2;/h5-8,14H,3-4,9-13H2,1-2H3,(H2,18,19,20);1H. The van der Waals surface area contributed by atoms with E-state index >= 15 is 0 Å². The van der Waals surface area contributed by atoms with Gasteiger partial charge < -0.3 is 15.4 Å². The topological polar surface area (TPSA) is 79.8 Å². The Bertz CT molecular complexity index is 665. The van der Waals surface area contributed by atoms with Crippen LogP contribution < -0.4 is 15.4 Å². The van der Waals surface area contributed by atoms with Crippen molar-refractivity contribution in [2.75, 3.05) is 31.2 Å². The van der Waals surface area contributed by atoms with Gasteiger partial charge in [0.1, 0.15) is 5.75 Å². The summed E-state index contributed by atoms with van der Waals surface area (Å²) in [5, 5.41) is 6.45. The molecule has 0 aromatic heterocycles. The van der Waals surface area contributed by atoms with Crippen molar-refractivity contribution in [2.45, 2.75) is 26.8 Å². The number of guanidine groups is 1. The van der Waals surface area contributed by atoms with Crippen molar-refractivity contribution >= 4 is 39.8 Å². The number of hydrogen-bond acceptors (Lipinski definition) is 4. The molecule has 1 aromatic rings. The van der Waals surface area contributed by atoms with E-state index in [1.165, 1.54) is 0 Å². The third-order valence-electron chi connectivity index (χ3n) is 3.91. The van der Waals surface area contributed by atoms with Gasteiger partial charge in [-0.2, -0.15) is 0 Å². The third kappa shape index (κ3) is 7.39.